The number of amides is 1. The van der Waals surface area contributed by atoms with Crippen LogP contribution in [0.5, 0.6) is 0 Å². The van der Waals surface area contributed by atoms with E-state index in [0.29, 0.717) is 0 Å². The number of rotatable bonds is 3. The lowest BCUT2D eigenvalue weighted by atomic mass is 10.1. The van der Waals surface area contributed by atoms with Gasteiger partial charge in [-0.05, 0) is 42.0 Å². The molecule has 1 atom stereocenters. The number of nitrogens with zero attached hydrogens (tertiary/aromatic N) is 2. The topological polar surface area (TPSA) is 45.2 Å². The molecule has 2 aromatic rings. The van der Waals surface area contributed by atoms with Crippen molar-refractivity contribution in [1.82, 2.24) is 9.88 Å². The molecular formula is C15H17N3OS. The molecule has 2 aromatic heterocycles. The molecule has 20 heavy (non-hydrogen) atoms. The molecule has 0 unspecified atom stereocenters. The summed E-state index contributed by atoms with van der Waals surface area (Å²) in [6, 6.07) is 6.10. The van der Waals surface area contributed by atoms with Crippen molar-refractivity contribution in [2.75, 3.05) is 18.9 Å². The SMILES string of the molecule is CNc1cc([C@H]2CCCN2C(=O)c2ccsc2)ccn1. The van der Waals surface area contributed by atoms with Gasteiger partial charge in [0.15, 0.2) is 0 Å². The first kappa shape index (κ1) is 13.1. The molecule has 1 N–H and O–H groups in total. The fourth-order valence-electron chi connectivity index (χ4n) is 2.70. The lowest BCUT2D eigenvalue weighted by molar-refractivity contribution is 0.0736. The van der Waals surface area contributed by atoms with Crippen molar-refractivity contribution >= 4 is 23.1 Å². The van der Waals surface area contributed by atoms with Crippen molar-refractivity contribution in [3.8, 4) is 0 Å². The Bertz CT molecular complexity index is 597. The van der Waals surface area contributed by atoms with Crippen LogP contribution in [-0.2, 0) is 0 Å². The van der Waals surface area contributed by atoms with Gasteiger partial charge in [0, 0.05) is 25.2 Å². The van der Waals surface area contributed by atoms with Crippen LogP contribution in [0.3, 0.4) is 0 Å². The number of hydrogen-bond acceptors (Lipinski definition) is 4. The minimum Gasteiger partial charge on any atom is -0.373 e. The Morgan fingerprint density at radius 1 is 1.50 bits per heavy atom. The number of aromatic nitrogens is 1. The van der Waals surface area contributed by atoms with Crippen LogP contribution in [0.2, 0.25) is 0 Å². The summed E-state index contributed by atoms with van der Waals surface area (Å²) in [5, 5.41) is 6.92. The molecule has 1 fully saturated rings. The third-order valence-corrected chi connectivity index (χ3v) is 4.39. The van der Waals surface area contributed by atoms with E-state index in [9.17, 15) is 4.79 Å². The summed E-state index contributed by atoms with van der Waals surface area (Å²) >= 11 is 1.56. The Labute approximate surface area is 122 Å². The van der Waals surface area contributed by atoms with Gasteiger partial charge in [-0.3, -0.25) is 4.79 Å². The second-order valence-corrected chi connectivity index (χ2v) is 5.67. The zero-order valence-corrected chi connectivity index (χ0v) is 12.2. The van der Waals surface area contributed by atoms with Crippen molar-refractivity contribution in [2.24, 2.45) is 0 Å². The second kappa shape index (κ2) is 5.63. The maximum absolute atomic E-state index is 12.5. The summed E-state index contributed by atoms with van der Waals surface area (Å²) in [5.41, 5.74) is 1.95. The maximum atomic E-state index is 12.5. The number of hydrogen-bond donors (Lipinski definition) is 1. The Hall–Kier alpha value is -1.88. The lowest BCUT2D eigenvalue weighted by Crippen LogP contribution is -2.30. The Kier molecular flexibility index (Phi) is 3.69. The molecule has 0 aromatic carbocycles. The van der Waals surface area contributed by atoms with Gasteiger partial charge in [0.1, 0.15) is 5.82 Å². The van der Waals surface area contributed by atoms with E-state index in [1.54, 1.807) is 17.5 Å². The van der Waals surface area contributed by atoms with Gasteiger partial charge in [-0.25, -0.2) is 4.98 Å². The quantitative estimate of drug-likeness (QED) is 0.943. The minimum absolute atomic E-state index is 0.136. The summed E-state index contributed by atoms with van der Waals surface area (Å²) in [6.45, 7) is 0.830. The monoisotopic (exact) mass is 287 g/mol. The highest BCUT2D eigenvalue weighted by Crippen LogP contribution is 2.33. The summed E-state index contributed by atoms with van der Waals surface area (Å²) in [4.78, 5) is 18.8. The average Bonchev–Trinajstić information content (AvgIpc) is 3.17. The standard InChI is InChI=1S/C15H17N3OS/c1-16-14-9-11(4-6-17-14)13-3-2-7-18(13)15(19)12-5-8-20-10-12/h4-6,8-10,13H,2-3,7H2,1H3,(H,16,17)/t13-/m1/s1. The summed E-state index contributed by atoms with van der Waals surface area (Å²) in [5.74, 6) is 0.980. The maximum Gasteiger partial charge on any atom is 0.255 e. The number of likely N-dealkylation sites (tertiary alicyclic amines) is 1. The van der Waals surface area contributed by atoms with E-state index in [4.69, 9.17) is 0 Å². The predicted molar refractivity (Wildman–Crippen MR) is 81.1 cm³/mol. The molecule has 1 aliphatic rings. The first-order chi connectivity index (χ1) is 9.79. The fraction of sp³-hybridized carbons (Fsp3) is 0.333. The number of anilines is 1. The van der Waals surface area contributed by atoms with Crippen molar-refractivity contribution in [3.05, 3.63) is 46.3 Å². The first-order valence-corrected chi connectivity index (χ1v) is 7.71. The summed E-state index contributed by atoms with van der Waals surface area (Å²) < 4.78 is 0. The highest BCUT2D eigenvalue weighted by Gasteiger charge is 2.30. The van der Waals surface area contributed by atoms with Gasteiger partial charge in [-0.2, -0.15) is 11.3 Å². The van der Waals surface area contributed by atoms with Crippen LogP contribution in [0.25, 0.3) is 0 Å². The second-order valence-electron chi connectivity index (χ2n) is 4.89. The Balaban J connectivity index is 1.86. The van der Waals surface area contributed by atoms with Crippen LogP contribution in [-0.4, -0.2) is 29.4 Å². The van der Waals surface area contributed by atoms with E-state index in [1.165, 1.54) is 0 Å². The summed E-state index contributed by atoms with van der Waals surface area (Å²) in [7, 11) is 1.86. The molecule has 0 radical (unpaired) electrons. The van der Waals surface area contributed by atoms with Crippen molar-refractivity contribution in [2.45, 2.75) is 18.9 Å². The van der Waals surface area contributed by atoms with Gasteiger partial charge < -0.3 is 10.2 Å². The number of carbonyl (C=O) groups is 1. The van der Waals surface area contributed by atoms with E-state index in [1.807, 2.05) is 40.9 Å². The smallest absolute Gasteiger partial charge is 0.255 e. The molecule has 0 bridgehead atoms. The van der Waals surface area contributed by atoms with Crippen LogP contribution in [0.15, 0.2) is 35.2 Å². The highest BCUT2D eigenvalue weighted by atomic mass is 32.1. The van der Waals surface area contributed by atoms with Crippen molar-refractivity contribution in [1.29, 1.82) is 0 Å². The number of pyridine rings is 1. The molecular weight excluding hydrogens is 270 g/mol. The van der Waals surface area contributed by atoms with Crippen LogP contribution >= 0.6 is 11.3 Å². The van der Waals surface area contributed by atoms with Gasteiger partial charge in [-0.1, -0.05) is 0 Å². The first-order valence-electron chi connectivity index (χ1n) is 6.76. The molecule has 104 valence electrons. The molecule has 0 aliphatic carbocycles. The van der Waals surface area contributed by atoms with Gasteiger partial charge in [-0.15, -0.1) is 0 Å². The van der Waals surface area contributed by atoms with Gasteiger partial charge >= 0.3 is 0 Å². The molecule has 0 spiro atoms. The molecule has 3 heterocycles. The van der Waals surface area contributed by atoms with Gasteiger partial charge in [0.25, 0.3) is 5.91 Å². The van der Waals surface area contributed by atoms with E-state index >= 15 is 0 Å². The number of nitrogens with one attached hydrogen (secondary N) is 1. The van der Waals surface area contributed by atoms with E-state index in [-0.39, 0.29) is 11.9 Å². The number of thiophene rings is 1. The van der Waals surface area contributed by atoms with E-state index in [2.05, 4.69) is 10.3 Å². The average molecular weight is 287 g/mol. The zero-order chi connectivity index (χ0) is 13.9. The fourth-order valence-corrected chi connectivity index (χ4v) is 3.33. The van der Waals surface area contributed by atoms with Crippen LogP contribution in [0.1, 0.15) is 34.8 Å². The van der Waals surface area contributed by atoms with Gasteiger partial charge in [0.2, 0.25) is 0 Å². The highest BCUT2D eigenvalue weighted by molar-refractivity contribution is 7.08. The normalized spacial score (nSPS) is 18.2. The third kappa shape index (κ3) is 2.41. The molecule has 5 heteroatoms. The van der Waals surface area contributed by atoms with Crippen LogP contribution < -0.4 is 5.32 Å². The lowest BCUT2D eigenvalue weighted by Gasteiger charge is -2.25. The molecule has 0 saturated carbocycles. The summed E-state index contributed by atoms with van der Waals surface area (Å²) in [6.07, 6.45) is 3.87. The van der Waals surface area contributed by atoms with E-state index < -0.39 is 0 Å². The number of carbonyl (C=O) groups excluding carboxylic acids is 1. The molecule has 4 nitrogen and oxygen atoms in total. The van der Waals surface area contributed by atoms with Crippen LogP contribution in [0, 0.1) is 0 Å². The minimum atomic E-state index is 0.136. The van der Waals surface area contributed by atoms with E-state index in [0.717, 1.165) is 36.3 Å². The Morgan fingerprint density at radius 2 is 2.40 bits per heavy atom. The predicted octanol–water partition coefficient (Wildman–Crippen LogP) is 3.16. The zero-order valence-electron chi connectivity index (χ0n) is 11.4. The molecule has 1 amide bonds. The molecule has 1 saturated heterocycles. The van der Waals surface area contributed by atoms with Gasteiger partial charge in [0.05, 0.1) is 11.6 Å². The Morgan fingerprint density at radius 3 is 3.15 bits per heavy atom. The molecule has 3 rings (SSSR count). The van der Waals surface area contributed by atoms with Crippen molar-refractivity contribution in [3.63, 3.8) is 0 Å². The molecule has 1 aliphatic heterocycles. The van der Waals surface area contributed by atoms with Crippen molar-refractivity contribution < 1.29 is 4.79 Å². The third-order valence-electron chi connectivity index (χ3n) is 3.71. The van der Waals surface area contributed by atoms with Crippen LogP contribution in [0.4, 0.5) is 5.82 Å². The largest absolute Gasteiger partial charge is 0.373 e.